The molecule has 0 spiro atoms. The fourth-order valence-corrected chi connectivity index (χ4v) is 2.34. The monoisotopic (exact) mass is 291 g/mol. The highest BCUT2D eigenvalue weighted by molar-refractivity contribution is 9.28. The standard InChI is InChI=1S/C9H11Br2N/c10-9(11)5-7-1-3-8(6-12)4-2-7/h5,7-8H,1-4H2/t7-,8-. The Morgan fingerprint density at radius 1 is 1.25 bits per heavy atom. The van der Waals surface area contributed by atoms with Gasteiger partial charge < -0.3 is 0 Å². The lowest BCUT2D eigenvalue weighted by molar-refractivity contribution is 0.362. The van der Waals surface area contributed by atoms with Gasteiger partial charge in [-0.15, -0.1) is 0 Å². The average Bonchev–Trinajstić information content (AvgIpc) is 2.05. The maximum Gasteiger partial charge on any atom is 0.0655 e. The molecule has 0 unspecified atom stereocenters. The van der Waals surface area contributed by atoms with E-state index in [9.17, 15) is 0 Å². The molecule has 0 aromatic carbocycles. The van der Waals surface area contributed by atoms with Gasteiger partial charge in [0.1, 0.15) is 0 Å². The van der Waals surface area contributed by atoms with Crippen LogP contribution in [0.25, 0.3) is 0 Å². The van der Waals surface area contributed by atoms with Crippen LogP contribution in [0.2, 0.25) is 0 Å². The van der Waals surface area contributed by atoms with Crippen LogP contribution in [0.15, 0.2) is 9.47 Å². The molecule has 1 saturated carbocycles. The molecule has 0 atom stereocenters. The molecule has 0 saturated heterocycles. The molecular weight excluding hydrogens is 282 g/mol. The first kappa shape index (κ1) is 10.3. The molecule has 1 aliphatic carbocycles. The first-order chi connectivity index (χ1) is 5.72. The zero-order chi connectivity index (χ0) is 8.97. The SMILES string of the molecule is N#C[C@H]1CC[C@H](C=C(Br)Br)CC1. The molecule has 1 fully saturated rings. The van der Waals surface area contributed by atoms with E-state index < -0.39 is 0 Å². The highest BCUT2D eigenvalue weighted by Crippen LogP contribution is 2.31. The molecule has 3 heteroatoms. The van der Waals surface area contributed by atoms with Crippen molar-refractivity contribution < 1.29 is 0 Å². The predicted octanol–water partition coefficient (Wildman–Crippen LogP) is 3.95. The van der Waals surface area contributed by atoms with Gasteiger partial charge >= 0.3 is 0 Å². The summed E-state index contributed by atoms with van der Waals surface area (Å²) in [5, 5.41) is 8.68. The van der Waals surface area contributed by atoms with Crippen molar-refractivity contribution in [1.29, 1.82) is 5.26 Å². The van der Waals surface area contributed by atoms with Gasteiger partial charge in [-0.3, -0.25) is 0 Å². The van der Waals surface area contributed by atoms with Crippen LogP contribution in [-0.4, -0.2) is 0 Å². The Morgan fingerprint density at radius 2 is 1.83 bits per heavy atom. The number of allylic oxidation sites excluding steroid dienone is 1. The molecule has 1 nitrogen and oxygen atoms in total. The number of hydrogen-bond donors (Lipinski definition) is 0. The maximum atomic E-state index is 8.68. The summed E-state index contributed by atoms with van der Waals surface area (Å²) in [7, 11) is 0. The number of nitriles is 1. The Morgan fingerprint density at radius 3 is 2.25 bits per heavy atom. The van der Waals surface area contributed by atoms with Crippen LogP contribution < -0.4 is 0 Å². The second kappa shape index (κ2) is 5.04. The third-order valence-corrected chi connectivity index (χ3v) is 2.84. The van der Waals surface area contributed by atoms with Crippen molar-refractivity contribution in [2.24, 2.45) is 11.8 Å². The number of nitrogens with zero attached hydrogens (tertiary/aromatic N) is 1. The molecule has 0 heterocycles. The summed E-state index contributed by atoms with van der Waals surface area (Å²) in [6.45, 7) is 0. The van der Waals surface area contributed by atoms with Crippen molar-refractivity contribution in [3.05, 3.63) is 9.47 Å². The molecular formula is C9H11Br2N. The Bertz CT molecular complexity index is 205. The van der Waals surface area contributed by atoms with Crippen molar-refractivity contribution in [2.45, 2.75) is 25.7 Å². The van der Waals surface area contributed by atoms with Gasteiger partial charge in [-0.1, -0.05) is 6.08 Å². The minimum Gasteiger partial charge on any atom is -0.198 e. The van der Waals surface area contributed by atoms with Gasteiger partial charge in [0.15, 0.2) is 0 Å². The van der Waals surface area contributed by atoms with Gasteiger partial charge in [-0.25, -0.2) is 0 Å². The Kier molecular flexibility index (Phi) is 4.31. The van der Waals surface area contributed by atoms with Crippen LogP contribution in [-0.2, 0) is 0 Å². The van der Waals surface area contributed by atoms with E-state index in [-0.39, 0.29) is 0 Å². The number of hydrogen-bond acceptors (Lipinski definition) is 1. The molecule has 12 heavy (non-hydrogen) atoms. The first-order valence-corrected chi connectivity index (χ1v) is 5.73. The van der Waals surface area contributed by atoms with E-state index in [0.29, 0.717) is 11.8 Å². The zero-order valence-electron chi connectivity index (χ0n) is 6.76. The molecule has 1 rings (SSSR count). The van der Waals surface area contributed by atoms with E-state index in [4.69, 9.17) is 5.26 Å². The minimum atomic E-state index is 0.309. The third kappa shape index (κ3) is 3.28. The first-order valence-electron chi connectivity index (χ1n) is 4.15. The molecule has 0 radical (unpaired) electrons. The van der Waals surface area contributed by atoms with Crippen molar-refractivity contribution >= 4 is 31.9 Å². The Labute approximate surface area is 90.1 Å². The molecule has 0 amide bonds. The van der Waals surface area contributed by atoms with E-state index in [1.807, 2.05) is 0 Å². The van der Waals surface area contributed by atoms with Crippen molar-refractivity contribution in [3.63, 3.8) is 0 Å². The van der Waals surface area contributed by atoms with Crippen LogP contribution in [0, 0.1) is 23.2 Å². The van der Waals surface area contributed by atoms with Gasteiger partial charge in [-0.05, 0) is 63.5 Å². The fourth-order valence-electron chi connectivity index (χ4n) is 1.59. The smallest absolute Gasteiger partial charge is 0.0655 e. The number of rotatable bonds is 1. The normalized spacial score (nSPS) is 29.1. The van der Waals surface area contributed by atoms with Gasteiger partial charge in [-0.2, -0.15) is 5.26 Å². The lowest BCUT2D eigenvalue weighted by Gasteiger charge is -2.21. The van der Waals surface area contributed by atoms with Crippen LogP contribution in [0.1, 0.15) is 25.7 Å². The van der Waals surface area contributed by atoms with E-state index in [1.54, 1.807) is 0 Å². The lowest BCUT2D eigenvalue weighted by atomic mass is 9.83. The Balaban J connectivity index is 2.37. The average molecular weight is 293 g/mol. The van der Waals surface area contributed by atoms with Gasteiger partial charge in [0.05, 0.1) is 9.46 Å². The van der Waals surface area contributed by atoms with Crippen LogP contribution >= 0.6 is 31.9 Å². The molecule has 1 aliphatic rings. The van der Waals surface area contributed by atoms with E-state index >= 15 is 0 Å². The fraction of sp³-hybridized carbons (Fsp3) is 0.667. The van der Waals surface area contributed by atoms with Crippen LogP contribution in [0.5, 0.6) is 0 Å². The molecule has 0 N–H and O–H groups in total. The summed E-state index contributed by atoms with van der Waals surface area (Å²) in [5.41, 5.74) is 0. The summed E-state index contributed by atoms with van der Waals surface area (Å²) in [4.78, 5) is 0. The lowest BCUT2D eigenvalue weighted by Crippen LogP contribution is -2.11. The largest absolute Gasteiger partial charge is 0.198 e. The predicted molar refractivity (Wildman–Crippen MR) is 57.0 cm³/mol. The van der Waals surface area contributed by atoms with Crippen molar-refractivity contribution in [2.75, 3.05) is 0 Å². The highest BCUT2D eigenvalue weighted by Gasteiger charge is 2.18. The van der Waals surface area contributed by atoms with Crippen molar-refractivity contribution in [1.82, 2.24) is 0 Å². The Hall–Kier alpha value is 0.190. The maximum absolute atomic E-state index is 8.68. The highest BCUT2D eigenvalue weighted by atomic mass is 79.9. The van der Waals surface area contributed by atoms with Gasteiger partial charge in [0, 0.05) is 5.92 Å². The summed E-state index contributed by atoms with van der Waals surface area (Å²) in [5.74, 6) is 0.965. The van der Waals surface area contributed by atoms with Crippen molar-refractivity contribution in [3.8, 4) is 6.07 Å². The molecule has 66 valence electrons. The van der Waals surface area contributed by atoms with E-state index in [2.05, 4.69) is 44.0 Å². The van der Waals surface area contributed by atoms with Crippen LogP contribution in [0.3, 0.4) is 0 Å². The minimum absolute atomic E-state index is 0.309. The van der Waals surface area contributed by atoms with Gasteiger partial charge in [0.25, 0.3) is 0 Å². The second-order valence-electron chi connectivity index (χ2n) is 3.20. The summed E-state index contributed by atoms with van der Waals surface area (Å²) < 4.78 is 1.04. The second-order valence-corrected chi connectivity index (χ2v) is 5.97. The van der Waals surface area contributed by atoms with E-state index in [0.717, 1.165) is 29.1 Å². The van der Waals surface area contributed by atoms with E-state index in [1.165, 1.54) is 0 Å². The third-order valence-electron chi connectivity index (χ3n) is 2.32. The molecule has 0 bridgehead atoms. The summed E-state index contributed by atoms with van der Waals surface area (Å²) in [6, 6.07) is 2.33. The topological polar surface area (TPSA) is 23.8 Å². The van der Waals surface area contributed by atoms with Gasteiger partial charge in [0.2, 0.25) is 0 Å². The quantitative estimate of drug-likeness (QED) is 0.718. The summed E-state index contributed by atoms with van der Waals surface area (Å²) in [6.07, 6.45) is 6.61. The molecule has 0 aliphatic heterocycles. The molecule has 0 aromatic rings. The van der Waals surface area contributed by atoms with Crippen LogP contribution in [0.4, 0.5) is 0 Å². The number of halogens is 2. The zero-order valence-corrected chi connectivity index (χ0v) is 9.94. The molecule has 0 aromatic heterocycles. The summed E-state index contributed by atoms with van der Waals surface area (Å²) >= 11 is 6.71.